The minimum Gasteiger partial charge on any atom is -0.461 e. The van der Waals surface area contributed by atoms with Crippen LogP contribution in [0.4, 0.5) is 0 Å². The molecule has 1 aromatic heterocycles. The zero-order chi connectivity index (χ0) is 16.9. The van der Waals surface area contributed by atoms with Gasteiger partial charge in [0, 0.05) is 37.6 Å². The molecule has 1 aliphatic heterocycles. The summed E-state index contributed by atoms with van der Waals surface area (Å²) in [6, 6.07) is 14.1. The summed E-state index contributed by atoms with van der Waals surface area (Å²) < 4.78 is 5.87. The molecule has 0 radical (unpaired) electrons. The topological polar surface area (TPSA) is 53.7 Å². The van der Waals surface area contributed by atoms with Gasteiger partial charge in [-0.15, -0.1) is 0 Å². The van der Waals surface area contributed by atoms with Gasteiger partial charge in [0.25, 0.3) is 0 Å². The van der Waals surface area contributed by atoms with Crippen molar-refractivity contribution in [2.24, 2.45) is 5.92 Å². The molecule has 1 amide bonds. The SMILES string of the molecule is CC1CCC(CO)CN1C(=O)CCc1ccc(-c2ccccc2)o1. The van der Waals surface area contributed by atoms with E-state index in [2.05, 4.69) is 6.92 Å². The number of aliphatic hydroxyl groups excluding tert-OH is 1. The summed E-state index contributed by atoms with van der Waals surface area (Å²) in [5.41, 5.74) is 1.05. The Bertz CT molecular complexity index is 665. The maximum Gasteiger partial charge on any atom is 0.223 e. The highest BCUT2D eigenvalue weighted by molar-refractivity contribution is 5.76. The van der Waals surface area contributed by atoms with Crippen molar-refractivity contribution in [2.45, 2.75) is 38.6 Å². The molecule has 1 N–H and O–H groups in total. The lowest BCUT2D eigenvalue weighted by atomic mass is 9.93. The molecule has 1 fully saturated rings. The fourth-order valence-corrected chi connectivity index (χ4v) is 3.32. The monoisotopic (exact) mass is 327 g/mol. The van der Waals surface area contributed by atoms with Crippen LogP contribution in [0.2, 0.25) is 0 Å². The second kappa shape index (κ2) is 7.67. The Morgan fingerprint density at radius 2 is 2.00 bits per heavy atom. The minimum absolute atomic E-state index is 0.151. The fourth-order valence-electron chi connectivity index (χ4n) is 3.32. The number of nitrogens with zero attached hydrogens (tertiary/aromatic N) is 1. The van der Waals surface area contributed by atoms with E-state index in [4.69, 9.17) is 4.42 Å². The Balaban J connectivity index is 1.57. The Labute approximate surface area is 143 Å². The van der Waals surface area contributed by atoms with Gasteiger partial charge in [-0.2, -0.15) is 0 Å². The van der Waals surface area contributed by atoms with Crippen molar-refractivity contribution in [2.75, 3.05) is 13.2 Å². The summed E-state index contributed by atoms with van der Waals surface area (Å²) in [7, 11) is 0. The highest BCUT2D eigenvalue weighted by Gasteiger charge is 2.28. The molecule has 2 heterocycles. The highest BCUT2D eigenvalue weighted by atomic mass is 16.3. The Hall–Kier alpha value is -2.07. The van der Waals surface area contributed by atoms with Gasteiger partial charge in [-0.05, 0) is 37.8 Å². The number of amides is 1. The van der Waals surface area contributed by atoms with Crippen molar-refractivity contribution in [1.29, 1.82) is 0 Å². The van der Waals surface area contributed by atoms with Gasteiger partial charge in [-0.1, -0.05) is 30.3 Å². The van der Waals surface area contributed by atoms with Crippen LogP contribution in [-0.2, 0) is 11.2 Å². The molecular weight excluding hydrogens is 302 g/mol. The quantitative estimate of drug-likeness (QED) is 0.914. The minimum atomic E-state index is 0.151. The van der Waals surface area contributed by atoms with Crippen molar-refractivity contribution in [3.05, 3.63) is 48.2 Å². The number of rotatable bonds is 5. The molecule has 2 atom stereocenters. The first-order valence-corrected chi connectivity index (χ1v) is 8.72. The van der Waals surface area contributed by atoms with E-state index in [1.807, 2.05) is 47.4 Å². The molecule has 4 heteroatoms. The molecule has 0 spiro atoms. The first kappa shape index (κ1) is 16.8. The van der Waals surface area contributed by atoms with Gasteiger partial charge in [0.15, 0.2) is 0 Å². The number of aliphatic hydroxyl groups is 1. The van der Waals surface area contributed by atoms with E-state index < -0.39 is 0 Å². The van der Waals surface area contributed by atoms with E-state index in [0.29, 0.717) is 19.4 Å². The average Bonchev–Trinajstić information content (AvgIpc) is 3.10. The number of carbonyl (C=O) groups is 1. The van der Waals surface area contributed by atoms with Crippen LogP contribution in [0.1, 0.15) is 31.9 Å². The number of benzene rings is 1. The largest absolute Gasteiger partial charge is 0.461 e. The van der Waals surface area contributed by atoms with E-state index in [-0.39, 0.29) is 24.5 Å². The molecule has 1 saturated heterocycles. The van der Waals surface area contributed by atoms with Gasteiger partial charge in [0.2, 0.25) is 5.91 Å². The highest BCUT2D eigenvalue weighted by Crippen LogP contribution is 2.24. The molecule has 0 saturated carbocycles. The zero-order valence-corrected chi connectivity index (χ0v) is 14.1. The maximum atomic E-state index is 12.5. The number of piperidine rings is 1. The number of hydrogen-bond donors (Lipinski definition) is 1. The number of likely N-dealkylation sites (tertiary alicyclic amines) is 1. The third kappa shape index (κ3) is 3.88. The van der Waals surface area contributed by atoms with Crippen molar-refractivity contribution < 1.29 is 14.3 Å². The van der Waals surface area contributed by atoms with E-state index in [1.165, 1.54) is 0 Å². The van der Waals surface area contributed by atoms with E-state index in [9.17, 15) is 9.90 Å². The number of hydrogen-bond acceptors (Lipinski definition) is 3. The molecule has 0 aliphatic carbocycles. The molecule has 1 aromatic carbocycles. The predicted molar refractivity (Wildman–Crippen MR) is 93.4 cm³/mol. The van der Waals surface area contributed by atoms with Gasteiger partial charge in [-0.25, -0.2) is 0 Å². The van der Waals surface area contributed by atoms with Crippen LogP contribution < -0.4 is 0 Å². The standard InChI is InChI=1S/C20H25NO3/c1-15-7-8-16(14-22)13-21(15)20(23)12-10-18-9-11-19(24-18)17-5-3-2-4-6-17/h2-6,9,11,15-16,22H,7-8,10,12-14H2,1H3. The normalized spacial score (nSPS) is 21.0. The van der Waals surface area contributed by atoms with Gasteiger partial charge >= 0.3 is 0 Å². The summed E-state index contributed by atoms with van der Waals surface area (Å²) in [4.78, 5) is 14.4. The summed E-state index contributed by atoms with van der Waals surface area (Å²) in [5, 5.41) is 9.34. The smallest absolute Gasteiger partial charge is 0.223 e. The maximum absolute atomic E-state index is 12.5. The van der Waals surface area contributed by atoms with Gasteiger partial charge in [0.1, 0.15) is 11.5 Å². The lowest BCUT2D eigenvalue weighted by Gasteiger charge is -2.37. The van der Waals surface area contributed by atoms with Crippen molar-refractivity contribution >= 4 is 5.91 Å². The molecule has 1 aliphatic rings. The number of aryl methyl sites for hydroxylation is 1. The Morgan fingerprint density at radius 3 is 2.75 bits per heavy atom. The number of furan rings is 1. The molecule has 128 valence electrons. The van der Waals surface area contributed by atoms with E-state index in [1.54, 1.807) is 0 Å². The molecule has 4 nitrogen and oxygen atoms in total. The molecule has 2 aromatic rings. The van der Waals surface area contributed by atoms with Crippen LogP contribution in [0.3, 0.4) is 0 Å². The summed E-state index contributed by atoms with van der Waals surface area (Å²) in [5.74, 6) is 2.05. The predicted octanol–water partition coefficient (Wildman–Crippen LogP) is 3.50. The van der Waals surface area contributed by atoms with Gasteiger partial charge < -0.3 is 14.4 Å². The lowest BCUT2D eigenvalue weighted by molar-refractivity contribution is -0.136. The molecular formula is C20H25NO3. The van der Waals surface area contributed by atoms with E-state index >= 15 is 0 Å². The van der Waals surface area contributed by atoms with Crippen molar-refractivity contribution in [1.82, 2.24) is 4.90 Å². The third-order valence-corrected chi connectivity index (χ3v) is 4.86. The first-order valence-electron chi connectivity index (χ1n) is 8.72. The first-order chi connectivity index (χ1) is 11.7. The fraction of sp³-hybridized carbons (Fsp3) is 0.450. The van der Waals surface area contributed by atoms with E-state index in [0.717, 1.165) is 29.9 Å². The molecule has 24 heavy (non-hydrogen) atoms. The Kier molecular flexibility index (Phi) is 5.36. The van der Waals surface area contributed by atoms with Crippen LogP contribution in [0.25, 0.3) is 11.3 Å². The second-order valence-electron chi connectivity index (χ2n) is 6.65. The Morgan fingerprint density at radius 1 is 1.21 bits per heavy atom. The van der Waals surface area contributed by atoms with Crippen LogP contribution >= 0.6 is 0 Å². The molecule has 2 unspecified atom stereocenters. The lowest BCUT2D eigenvalue weighted by Crippen LogP contribution is -2.46. The van der Waals surface area contributed by atoms with Gasteiger partial charge in [-0.3, -0.25) is 4.79 Å². The summed E-state index contributed by atoms with van der Waals surface area (Å²) in [6.45, 7) is 2.92. The second-order valence-corrected chi connectivity index (χ2v) is 6.65. The third-order valence-electron chi connectivity index (χ3n) is 4.86. The average molecular weight is 327 g/mol. The van der Waals surface area contributed by atoms with Gasteiger partial charge in [0.05, 0.1) is 0 Å². The number of carbonyl (C=O) groups excluding carboxylic acids is 1. The molecule has 0 bridgehead atoms. The molecule has 3 rings (SSSR count). The van der Waals surface area contributed by atoms with Crippen LogP contribution in [-0.4, -0.2) is 35.1 Å². The van der Waals surface area contributed by atoms with Crippen LogP contribution in [0, 0.1) is 5.92 Å². The van der Waals surface area contributed by atoms with Crippen LogP contribution in [0.5, 0.6) is 0 Å². The van der Waals surface area contributed by atoms with Crippen molar-refractivity contribution in [3.63, 3.8) is 0 Å². The summed E-state index contributed by atoms with van der Waals surface area (Å²) >= 11 is 0. The van der Waals surface area contributed by atoms with Crippen LogP contribution in [0.15, 0.2) is 46.9 Å². The summed E-state index contributed by atoms with van der Waals surface area (Å²) in [6.07, 6.45) is 3.03. The van der Waals surface area contributed by atoms with Crippen molar-refractivity contribution in [3.8, 4) is 11.3 Å². The zero-order valence-electron chi connectivity index (χ0n) is 14.1.